The van der Waals surface area contributed by atoms with Gasteiger partial charge in [0.15, 0.2) is 10.5 Å². The van der Waals surface area contributed by atoms with E-state index in [2.05, 4.69) is 9.98 Å². The number of benzene rings is 1. The molecule has 0 bridgehead atoms. The molecule has 0 aliphatic carbocycles. The van der Waals surface area contributed by atoms with Crippen molar-refractivity contribution in [3.8, 4) is 11.6 Å². The van der Waals surface area contributed by atoms with Gasteiger partial charge in [0, 0.05) is 31.8 Å². The number of aliphatic imine (C=N–C) groups is 1. The summed E-state index contributed by atoms with van der Waals surface area (Å²) >= 11 is 5.09. The summed E-state index contributed by atoms with van der Waals surface area (Å²) in [5.74, 6) is -0.343. The molecule has 0 aliphatic heterocycles. The molecule has 0 fully saturated rings. The number of rotatable bonds is 4. The number of hydrogen-bond acceptors (Lipinski definition) is 7. The molecule has 146 valence electrons. The Labute approximate surface area is 164 Å². The van der Waals surface area contributed by atoms with Crippen LogP contribution in [-0.2, 0) is 18.8 Å². The minimum Gasteiger partial charge on any atom is -0.497 e. The molecule has 2 N–H and O–H groups in total. The Balaban J connectivity index is 2.24. The van der Waals surface area contributed by atoms with Gasteiger partial charge in [0.05, 0.1) is 19.7 Å². The first kappa shape index (κ1) is 19.4. The van der Waals surface area contributed by atoms with Crippen molar-refractivity contribution >= 4 is 41.0 Å². The predicted octanol–water partition coefficient (Wildman–Crippen LogP) is 2.19. The Bertz CT molecular complexity index is 1240. The molecule has 9 nitrogen and oxygen atoms in total. The molecule has 0 amide bonds. The van der Waals surface area contributed by atoms with E-state index >= 15 is 0 Å². The molecule has 0 atom stereocenters. The van der Waals surface area contributed by atoms with E-state index in [-0.39, 0.29) is 27.6 Å². The number of hydrogen-bond donors (Lipinski definition) is 2. The number of methoxy groups -OCH3 is 2. The third-order valence-electron chi connectivity index (χ3n) is 4.36. The predicted molar refractivity (Wildman–Crippen MR) is 107 cm³/mol. The van der Waals surface area contributed by atoms with Crippen LogP contribution < -0.4 is 10.3 Å². The first-order chi connectivity index (χ1) is 13.3. The zero-order valence-corrected chi connectivity index (χ0v) is 16.5. The summed E-state index contributed by atoms with van der Waals surface area (Å²) in [4.78, 5) is 31.9. The van der Waals surface area contributed by atoms with Crippen molar-refractivity contribution in [1.29, 1.82) is 0 Å². The number of nitrogens with one attached hydrogen (secondary N) is 1. The van der Waals surface area contributed by atoms with Gasteiger partial charge in [-0.2, -0.15) is 0 Å². The van der Waals surface area contributed by atoms with Gasteiger partial charge in [-0.3, -0.25) is 18.9 Å². The van der Waals surface area contributed by atoms with Gasteiger partial charge in [0.2, 0.25) is 5.88 Å². The number of carbonyl (C=O) groups excluding carboxylic acids is 1. The van der Waals surface area contributed by atoms with E-state index in [0.717, 1.165) is 0 Å². The molecule has 0 aliphatic rings. The van der Waals surface area contributed by atoms with Crippen LogP contribution in [0.3, 0.4) is 0 Å². The standard InChI is InChI=1S/C18H18N4O5S/c1-21-15(23)11(16(24)22(2)18(21)28)8-19-13-10-6-5-9(26-3)7-12(10)20-14(13)17(25)27-4/h5-8,20,23H,1-4H3. The average Bonchev–Trinajstić information content (AvgIpc) is 3.07. The van der Waals surface area contributed by atoms with Gasteiger partial charge in [-0.15, -0.1) is 0 Å². The Kier molecular flexibility index (Phi) is 5.06. The van der Waals surface area contributed by atoms with E-state index in [1.54, 1.807) is 18.2 Å². The number of ether oxygens (including phenoxy) is 2. The summed E-state index contributed by atoms with van der Waals surface area (Å²) in [6.07, 6.45) is 1.20. The molecule has 0 saturated carbocycles. The lowest BCUT2D eigenvalue weighted by Gasteiger charge is -2.09. The highest BCUT2D eigenvalue weighted by molar-refractivity contribution is 7.71. The second-order valence-electron chi connectivity index (χ2n) is 5.95. The van der Waals surface area contributed by atoms with E-state index in [1.807, 2.05) is 0 Å². The number of nitrogens with zero attached hydrogens (tertiary/aromatic N) is 3. The van der Waals surface area contributed by atoms with Gasteiger partial charge in [0.1, 0.15) is 17.0 Å². The van der Waals surface area contributed by atoms with Crippen molar-refractivity contribution in [3.05, 3.63) is 44.6 Å². The van der Waals surface area contributed by atoms with Gasteiger partial charge in [-0.05, 0) is 24.4 Å². The number of aromatic nitrogens is 3. The van der Waals surface area contributed by atoms with E-state index < -0.39 is 11.5 Å². The van der Waals surface area contributed by atoms with Crippen molar-refractivity contribution in [2.75, 3.05) is 14.2 Å². The lowest BCUT2D eigenvalue weighted by molar-refractivity contribution is 0.0596. The SMILES string of the molecule is COC(=O)c1[nH]c2cc(OC)ccc2c1N=Cc1c(O)n(C)c(=S)n(C)c1=O. The first-order valence-electron chi connectivity index (χ1n) is 8.11. The maximum absolute atomic E-state index is 12.5. The van der Waals surface area contributed by atoms with Crippen LogP contribution in [0.25, 0.3) is 10.9 Å². The van der Waals surface area contributed by atoms with Crippen LogP contribution in [-0.4, -0.2) is 45.6 Å². The zero-order valence-electron chi connectivity index (χ0n) is 15.6. The molecule has 0 radical (unpaired) electrons. The molecule has 2 heterocycles. The molecular weight excluding hydrogens is 384 g/mol. The number of carbonyl (C=O) groups is 1. The summed E-state index contributed by atoms with van der Waals surface area (Å²) in [5, 5.41) is 10.9. The summed E-state index contributed by atoms with van der Waals surface area (Å²) in [5.41, 5.74) is 0.428. The van der Waals surface area contributed by atoms with Crippen molar-refractivity contribution in [3.63, 3.8) is 0 Å². The Morgan fingerprint density at radius 3 is 2.64 bits per heavy atom. The number of H-pyrrole nitrogens is 1. The quantitative estimate of drug-likeness (QED) is 0.393. The van der Waals surface area contributed by atoms with Gasteiger partial charge in [-0.1, -0.05) is 0 Å². The van der Waals surface area contributed by atoms with Crippen LogP contribution in [0.5, 0.6) is 11.6 Å². The van der Waals surface area contributed by atoms with Gasteiger partial charge >= 0.3 is 5.97 Å². The monoisotopic (exact) mass is 402 g/mol. The summed E-state index contributed by atoms with van der Waals surface area (Å²) < 4.78 is 12.7. The Hall–Kier alpha value is -3.40. The maximum Gasteiger partial charge on any atom is 0.356 e. The largest absolute Gasteiger partial charge is 0.497 e. The number of fused-ring (bicyclic) bond motifs is 1. The highest BCUT2D eigenvalue weighted by Crippen LogP contribution is 2.33. The Morgan fingerprint density at radius 1 is 1.29 bits per heavy atom. The molecule has 10 heteroatoms. The van der Waals surface area contributed by atoms with Gasteiger partial charge < -0.3 is 19.6 Å². The molecule has 0 spiro atoms. The zero-order chi connectivity index (χ0) is 20.6. The smallest absolute Gasteiger partial charge is 0.356 e. The first-order valence-corrected chi connectivity index (χ1v) is 8.52. The molecule has 1 aromatic carbocycles. The van der Waals surface area contributed by atoms with Crippen LogP contribution >= 0.6 is 12.2 Å². The van der Waals surface area contributed by atoms with Gasteiger partial charge in [-0.25, -0.2) is 4.79 Å². The Morgan fingerprint density at radius 2 is 2.00 bits per heavy atom. The molecule has 28 heavy (non-hydrogen) atoms. The highest BCUT2D eigenvalue weighted by atomic mass is 32.1. The van der Waals surface area contributed by atoms with Crippen LogP contribution in [0.1, 0.15) is 16.1 Å². The van der Waals surface area contributed by atoms with E-state index in [0.29, 0.717) is 16.7 Å². The minimum absolute atomic E-state index is 0.0581. The maximum atomic E-state index is 12.5. The number of aromatic amines is 1. The summed E-state index contributed by atoms with van der Waals surface area (Å²) in [7, 11) is 5.82. The van der Waals surface area contributed by atoms with Crippen LogP contribution in [0.4, 0.5) is 5.69 Å². The molecule has 3 aromatic rings. The minimum atomic E-state index is -0.620. The molecule has 2 aromatic heterocycles. The van der Waals surface area contributed by atoms with Crippen LogP contribution in [0.15, 0.2) is 28.0 Å². The van der Waals surface area contributed by atoms with Crippen LogP contribution in [0.2, 0.25) is 0 Å². The number of esters is 1. The van der Waals surface area contributed by atoms with E-state index in [4.69, 9.17) is 21.7 Å². The topological polar surface area (TPSA) is 111 Å². The second kappa shape index (κ2) is 7.31. The lowest BCUT2D eigenvalue weighted by atomic mass is 10.2. The molecule has 0 unspecified atom stereocenters. The fourth-order valence-electron chi connectivity index (χ4n) is 2.77. The van der Waals surface area contributed by atoms with Gasteiger partial charge in [0.25, 0.3) is 5.56 Å². The average molecular weight is 402 g/mol. The molecular formula is C18H18N4O5S. The van der Waals surface area contributed by atoms with E-state index in [1.165, 1.54) is 43.7 Å². The van der Waals surface area contributed by atoms with Crippen molar-refractivity contribution in [2.24, 2.45) is 19.1 Å². The highest BCUT2D eigenvalue weighted by Gasteiger charge is 2.19. The van der Waals surface area contributed by atoms with Crippen molar-refractivity contribution in [1.82, 2.24) is 14.1 Å². The molecule has 3 rings (SSSR count). The second-order valence-corrected chi connectivity index (χ2v) is 6.32. The third kappa shape index (κ3) is 3.07. The number of aromatic hydroxyl groups is 1. The van der Waals surface area contributed by atoms with Crippen LogP contribution in [0, 0.1) is 4.77 Å². The van der Waals surface area contributed by atoms with Crippen molar-refractivity contribution < 1.29 is 19.4 Å². The van der Waals surface area contributed by atoms with E-state index in [9.17, 15) is 14.7 Å². The summed E-state index contributed by atoms with van der Waals surface area (Å²) in [6, 6.07) is 5.16. The fourth-order valence-corrected chi connectivity index (χ4v) is 2.94. The lowest BCUT2D eigenvalue weighted by Crippen LogP contribution is -2.25. The van der Waals surface area contributed by atoms with Crippen molar-refractivity contribution in [2.45, 2.75) is 0 Å². The normalized spacial score (nSPS) is 11.3. The molecule has 0 saturated heterocycles. The summed E-state index contributed by atoms with van der Waals surface area (Å²) in [6.45, 7) is 0. The third-order valence-corrected chi connectivity index (χ3v) is 4.91. The fraction of sp³-hybridized carbons (Fsp3) is 0.222.